The van der Waals surface area contributed by atoms with E-state index in [1.807, 2.05) is 0 Å². The number of amidine groups is 1. The van der Waals surface area contributed by atoms with Crippen LogP contribution in [0.3, 0.4) is 0 Å². The number of aliphatic imine (C=N–C) groups is 1. The van der Waals surface area contributed by atoms with Crippen LogP contribution in [0, 0.1) is 5.82 Å². The van der Waals surface area contributed by atoms with E-state index in [1.54, 1.807) is 6.07 Å². The van der Waals surface area contributed by atoms with Gasteiger partial charge in [-0.3, -0.25) is 0 Å². The van der Waals surface area contributed by atoms with Gasteiger partial charge < -0.3 is 19.9 Å². The molecule has 1 aromatic heterocycles. The number of nitrogens with two attached hydrogens (primary N) is 1. The molecule has 0 radical (unpaired) electrons. The molecule has 0 amide bonds. The maximum atomic E-state index is 13.1. The van der Waals surface area contributed by atoms with E-state index < -0.39 is 5.82 Å². The molecule has 25 heavy (non-hydrogen) atoms. The molecule has 1 aliphatic rings. The number of rotatable bonds is 7. The Hall–Kier alpha value is -2.12. The molecule has 6 nitrogen and oxygen atoms in total. The van der Waals surface area contributed by atoms with Gasteiger partial charge in [-0.05, 0) is 55.7 Å². The first-order chi connectivity index (χ1) is 12.1. The molecule has 0 spiro atoms. The van der Waals surface area contributed by atoms with Crippen LogP contribution in [0.2, 0.25) is 5.02 Å². The van der Waals surface area contributed by atoms with Gasteiger partial charge in [0.1, 0.15) is 5.82 Å². The second-order valence-corrected chi connectivity index (χ2v) is 6.28. The van der Waals surface area contributed by atoms with E-state index in [0.717, 1.165) is 13.0 Å². The molecule has 1 saturated heterocycles. The van der Waals surface area contributed by atoms with Crippen LogP contribution < -0.4 is 10.5 Å². The molecule has 0 saturated carbocycles. The van der Waals surface area contributed by atoms with Gasteiger partial charge in [-0.25, -0.2) is 9.38 Å². The third kappa shape index (κ3) is 4.93. The Kier molecular flexibility index (Phi) is 5.88. The highest BCUT2D eigenvalue weighted by molar-refractivity contribution is 6.31. The second-order valence-electron chi connectivity index (χ2n) is 5.88. The van der Waals surface area contributed by atoms with Crippen molar-refractivity contribution in [1.29, 1.82) is 0 Å². The Labute approximate surface area is 150 Å². The number of hydrogen-bond acceptors (Lipinski definition) is 5. The summed E-state index contributed by atoms with van der Waals surface area (Å²) in [5.74, 6) is 0.257. The van der Waals surface area contributed by atoms with Crippen molar-refractivity contribution in [3.8, 4) is 5.88 Å². The molecule has 1 aliphatic heterocycles. The fraction of sp³-hybridized carbons (Fsp3) is 0.412. The zero-order valence-electron chi connectivity index (χ0n) is 13.8. The predicted octanol–water partition coefficient (Wildman–Crippen LogP) is 3.37. The van der Waals surface area contributed by atoms with E-state index >= 15 is 0 Å². The number of halogens is 2. The van der Waals surface area contributed by atoms with E-state index in [2.05, 4.69) is 15.0 Å². The van der Waals surface area contributed by atoms with Crippen molar-refractivity contribution in [2.24, 2.45) is 10.7 Å². The van der Waals surface area contributed by atoms with Gasteiger partial charge in [0.25, 0.3) is 5.88 Å². The fourth-order valence-corrected chi connectivity index (χ4v) is 2.84. The molecule has 2 N–H and O–H groups in total. The number of nitrogens with zero attached hydrogens (tertiary/aromatic N) is 3. The van der Waals surface area contributed by atoms with Crippen molar-refractivity contribution < 1.29 is 13.7 Å². The summed E-state index contributed by atoms with van der Waals surface area (Å²) in [6.45, 7) is 3.94. The average molecular weight is 367 g/mol. The van der Waals surface area contributed by atoms with Crippen LogP contribution in [0.5, 0.6) is 5.88 Å². The summed E-state index contributed by atoms with van der Waals surface area (Å²) in [5.41, 5.74) is 6.31. The van der Waals surface area contributed by atoms with Gasteiger partial charge in [-0.1, -0.05) is 11.6 Å². The molecule has 0 bridgehead atoms. The third-order valence-electron chi connectivity index (χ3n) is 3.96. The van der Waals surface area contributed by atoms with Crippen molar-refractivity contribution in [1.82, 2.24) is 10.1 Å². The third-order valence-corrected chi connectivity index (χ3v) is 4.25. The number of likely N-dealkylation sites (tertiary alicyclic amines) is 1. The van der Waals surface area contributed by atoms with Gasteiger partial charge in [-0.15, -0.1) is 0 Å². The van der Waals surface area contributed by atoms with E-state index in [4.69, 9.17) is 26.6 Å². The largest absolute Gasteiger partial charge is 0.475 e. The van der Waals surface area contributed by atoms with Crippen LogP contribution >= 0.6 is 11.6 Å². The van der Waals surface area contributed by atoms with Gasteiger partial charge in [0.2, 0.25) is 5.76 Å². The summed E-state index contributed by atoms with van der Waals surface area (Å²) in [7, 11) is 0. The Balaban J connectivity index is 1.52. The predicted molar refractivity (Wildman–Crippen MR) is 94.1 cm³/mol. The normalized spacial score (nSPS) is 15.7. The van der Waals surface area contributed by atoms with Crippen molar-refractivity contribution in [2.75, 3.05) is 26.2 Å². The SMILES string of the molecule is NC(=Nc1ccc(F)c(Cl)c1)c1cc(OCCCN2CCCC2)no1. The summed E-state index contributed by atoms with van der Waals surface area (Å²) < 4.78 is 23.9. The highest BCUT2D eigenvalue weighted by Crippen LogP contribution is 2.22. The standard InChI is InChI=1S/C17H20ClFN4O2/c18-13-10-12(4-5-14(13)19)21-17(20)15-11-16(22-25-15)24-9-3-8-23-6-1-2-7-23/h4-5,10-11H,1-3,6-9H2,(H2,20,21). The molecule has 0 atom stereocenters. The van der Waals surface area contributed by atoms with Gasteiger partial charge in [0.05, 0.1) is 23.4 Å². The Morgan fingerprint density at radius 3 is 2.92 bits per heavy atom. The van der Waals surface area contributed by atoms with E-state index in [0.29, 0.717) is 18.2 Å². The monoisotopic (exact) mass is 366 g/mol. The zero-order chi connectivity index (χ0) is 17.6. The van der Waals surface area contributed by atoms with Crippen molar-refractivity contribution >= 4 is 23.1 Å². The lowest BCUT2D eigenvalue weighted by Crippen LogP contribution is -2.21. The second kappa shape index (κ2) is 8.31. The quantitative estimate of drug-likeness (QED) is 0.462. The molecule has 1 fully saturated rings. The van der Waals surface area contributed by atoms with Crippen LogP contribution in [0.1, 0.15) is 25.0 Å². The van der Waals surface area contributed by atoms with Crippen LogP contribution in [0.15, 0.2) is 33.8 Å². The summed E-state index contributed by atoms with van der Waals surface area (Å²) >= 11 is 5.72. The summed E-state index contributed by atoms with van der Waals surface area (Å²) in [6.07, 6.45) is 3.50. The molecular formula is C17H20ClFN4O2. The first-order valence-corrected chi connectivity index (χ1v) is 8.61. The van der Waals surface area contributed by atoms with Crippen LogP contribution in [-0.2, 0) is 0 Å². The molecule has 134 valence electrons. The van der Waals surface area contributed by atoms with Gasteiger partial charge in [-0.2, -0.15) is 0 Å². The molecular weight excluding hydrogens is 347 g/mol. The van der Waals surface area contributed by atoms with Crippen molar-refractivity contribution in [3.63, 3.8) is 0 Å². The fourth-order valence-electron chi connectivity index (χ4n) is 2.67. The Bertz CT molecular complexity index is 744. The van der Waals surface area contributed by atoms with Gasteiger partial charge >= 0.3 is 0 Å². The first kappa shape index (κ1) is 17.7. The molecule has 0 aliphatic carbocycles. The lowest BCUT2D eigenvalue weighted by molar-refractivity contribution is 0.245. The molecule has 2 heterocycles. The van der Waals surface area contributed by atoms with Crippen LogP contribution in [0.4, 0.5) is 10.1 Å². The maximum Gasteiger partial charge on any atom is 0.254 e. The highest BCUT2D eigenvalue weighted by Gasteiger charge is 2.12. The Morgan fingerprint density at radius 1 is 1.36 bits per heavy atom. The number of hydrogen-bond donors (Lipinski definition) is 1. The highest BCUT2D eigenvalue weighted by atomic mass is 35.5. The van der Waals surface area contributed by atoms with E-state index in [1.165, 1.54) is 44.1 Å². The first-order valence-electron chi connectivity index (χ1n) is 8.23. The van der Waals surface area contributed by atoms with Crippen LogP contribution in [-0.4, -0.2) is 42.1 Å². The topological polar surface area (TPSA) is 76.9 Å². The number of benzene rings is 1. The lowest BCUT2D eigenvalue weighted by atomic mass is 10.3. The average Bonchev–Trinajstić information content (AvgIpc) is 3.26. The summed E-state index contributed by atoms with van der Waals surface area (Å²) in [6, 6.07) is 5.67. The number of aromatic nitrogens is 1. The van der Waals surface area contributed by atoms with Crippen molar-refractivity contribution in [2.45, 2.75) is 19.3 Å². The maximum absolute atomic E-state index is 13.1. The van der Waals surface area contributed by atoms with E-state index in [-0.39, 0.29) is 16.6 Å². The van der Waals surface area contributed by atoms with Crippen molar-refractivity contribution in [3.05, 3.63) is 40.9 Å². The minimum atomic E-state index is -0.511. The zero-order valence-corrected chi connectivity index (χ0v) is 14.5. The number of ether oxygens (including phenoxy) is 1. The Morgan fingerprint density at radius 2 is 2.16 bits per heavy atom. The minimum absolute atomic E-state index is 0.0198. The molecule has 0 unspecified atom stereocenters. The smallest absolute Gasteiger partial charge is 0.254 e. The molecule has 8 heteroatoms. The molecule has 1 aromatic carbocycles. The van der Waals surface area contributed by atoms with Crippen LogP contribution in [0.25, 0.3) is 0 Å². The van der Waals surface area contributed by atoms with E-state index in [9.17, 15) is 4.39 Å². The lowest BCUT2D eigenvalue weighted by Gasteiger charge is -2.13. The minimum Gasteiger partial charge on any atom is -0.475 e. The summed E-state index contributed by atoms with van der Waals surface area (Å²) in [5, 5.41) is 3.80. The molecule has 2 aromatic rings. The van der Waals surface area contributed by atoms with Gasteiger partial charge in [0.15, 0.2) is 5.84 Å². The molecule has 3 rings (SSSR count). The summed E-state index contributed by atoms with van der Waals surface area (Å²) in [4.78, 5) is 6.57. The van der Waals surface area contributed by atoms with Gasteiger partial charge in [0, 0.05) is 6.54 Å².